The van der Waals surface area contributed by atoms with Crippen LogP contribution in [0.2, 0.25) is 0 Å². The van der Waals surface area contributed by atoms with Gasteiger partial charge in [0, 0.05) is 0 Å². The summed E-state index contributed by atoms with van der Waals surface area (Å²) in [5, 5.41) is 3.38. The van der Waals surface area contributed by atoms with Crippen molar-refractivity contribution < 1.29 is 0 Å². The third kappa shape index (κ3) is 2.25. The minimum absolute atomic E-state index is 0.938. The number of rotatable bonds is 1. The number of hydrogen-bond donors (Lipinski definition) is 0. The van der Waals surface area contributed by atoms with Gasteiger partial charge in [-0.2, -0.15) is 0 Å². The summed E-state index contributed by atoms with van der Waals surface area (Å²) >= 11 is 2.10. The van der Waals surface area contributed by atoms with Crippen molar-refractivity contribution >= 4 is 54.7 Å². The molecule has 4 heteroatoms. The van der Waals surface area contributed by atoms with Crippen LogP contribution in [0.15, 0.2) is 73.2 Å². The topological polar surface area (TPSA) is 38.7 Å². The van der Waals surface area contributed by atoms with Crippen molar-refractivity contribution in [2.24, 2.45) is 0 Å². The van der Waals surface area contributed by atoms with Gasteiger partial charge in [0.2, 0.25) is 0 Å². The van der Waals surface area contributed by atoms with Crippen LogP contribution in [-0.4, -0.2) is 32.7 Å². The standard InChI is InChI=1S/C21H12N3.Li/c1-5-15(17-6-3-11-22-19(17)7-1)16-10-13-24-21-18(16)9-8-14-4-2-12-23-20(14)21;/h1-6,8-13H;. The second-order valence-corrected chi connectivity index (χ2v) is 6.22. The Kier molecular flexibility index (Phi) is 3.31. The van der Waals surface area contributed by atoms with E-state index in [0.717, 1.165) is 38.3 Å². The molecule has 3 nitrogen and oxygen atoms in total. The van der Waals surface area contributed by atoms with Gasteiger partial charge in [-0.3, -0.25) is 0 Å². The average Bonchev–Trinajstić information content (AvgIpc) is 2.68. The summed E-state index contributed by atoms with van der Waals surface area (Å²) in [5.74, 6) is 0. The Morgan fingerprint density at radius 3 is 2.20 bits per heavy atom. The number of nitrogens with zero attached hydrogens (tertiary/aromatic N) is 3. The first-order valence-corrected chi connectivity index (χ1v) is 8.30. The molecule has 0 N–H and O–H groups in total. The van der Waals surface area contributed by atoms with Crippen LogP contribution in [0.1, 0.15) is 0 Å². The van der Waals surface area contributed by atoms with E-state index in [0.29, 0.717) is 0 Å². The number of fused-ring (bicyclic) bond motifs is 4. The van der Waals surface area contributed by atoms with Crippen molar-refractivity contribution in [3.8, 4) is 11.1 Å². The SMILES string of the molecule is [Li][c]1ccc(-c2ccnc3c2ccc2cccnc23)c2cccnc12. The van der Waals surface area contributed by atoms with E-state index in [4.69, 9.17) is 0 Å². The monoisotopic (exact) mass is 313 g/mol. The maximum absolute atomic E-state index is 4.62. The molecule has 0 amide bonds. The zero-order chi connectivity index (χ0) is 16.8. The molecule has 0 saturated carbocycles. The Bertz CT molecular complexity index is 1260. The normalized spacial score (nSPS) is 11.4. The van der Waals surface area contributed by atoms with E-state index in [-0.39, 0.29) is 0 Å². The van der Waals surface area contributed by atoms with Gasteiger partial charge in [-0.1, -0.05) is 0 Å². The molecule has 112 valence electrons. The minimum atomic E-state index is 0.938. The fourth-order valence-electron chi connectivity index (χ4n) is 3.54. The molecule has 0 atom stereocenters. The van der Waals surface area contributed by atoms with Gasteiger partial charge >= 0.3 is 154 Å². The van der Waals surface area contributed by atoms with Crippen LogP contribution < -0.4 is 4.24 Å². The zero-order valence-electron chi connectivity index (χ0n) is 13.8. The summed E-state index contributed by atoms with van der Waals surface area (Å²) in [7, 11) is 0. The van der Waals surface area contributed by atoms with Gasteiger partial charge in [0.1, 0.15) is 0 Å². The third-order valence-electron chi connectivity index (χ3n) is 4.74. The van der Waals surface area contributed by atoms with Crippen LogP contribution in [0, 0.1) is 0 Å². The molecular weight excluding hydrogens is 301 g/mol. The van der Waals surface area contributed by atoms with E-state index < -0.39 is 0 Å². The molecule has 0 aliphatic carbocycles. The van der Waals surface area contributed by atoms with Crippen molar-refractivity contribution in [1.82, 2.24) is 15.0 Å². The van der Waals surface area contributed by atoms with E-state index in [9.17, 15) is 0 Å². The molecule has 5 rings (SSSR count). The quantitative estimate of drug-likeness (QED) is 0.349. The van der Waals surface area contributed by atoms with Crippen molar-refractivity contribution in [3.63, 3.8) is 0 Å². The second-order valence-electron chi connectivity index (χ2n) is 6.22. The number of aromatic nitrogens is 3. The van der Waals surface area contributed by atoms with Gasteiger partial charge in [-0.15, -0.1) is 0 Å². The zero-order valence-corrected chi connectivity index (χ0v) is 13.8. The third-order valence-corrected chi connectivity index (χ3v) is 4.74. The Morgan fingerprint density at radius 1 is 0.560 bits per heavy atom. The van der Waals surface area contributed by atoms with Crippen LogP contribution in [0.3, 0.4) is 0 Å². The molecule has 0 radical (unpaired) electrons. The van der Waals surface area contributed by atoms with Crippen LogP contribution in [0.25, 0.3) is 43.8 Å². The van der Waals surface area contributed by atoms with Gasteiger partial charge in [0.05, 0.1) is 0 Å². The van der Waals surface area contributed by atoms with E-state index in [1.807, 2.05) is 30.7 Å². The molecule has 2 aromatic carbocycles. The molecule has 0 fully saturated rings. The first-order chi connectivity index (χ1) is 12.3. The summed E-state index contributed by atoms with van der Waals surface area (Å²) < 4.78 is 1.19. The molecule has 5 aromatic rings. The molecular formula is C21H12LiN3. The Hall–Kier alpha value is -2.73. The van der Waals surface area contributed by atoms with Crippen LogP contribution in [-0.2, 0) is 0 Å². The molecule has 3 heterocycles. The van der Waals surface area contributed by atoms with Gasteiger partial charge in [-0.05, 0) is 0 Å². The van der Waals surface area contributed by atoms with E-state index in [2.05, 4.69) is 75.1 Å². The Labute approximate surface area is 154 Å². The molecule has 25 heavy (non-hydrogen) atoms. The molecule has 0 aliphatic heterocycles. The number of hydrogen-bond acceptors (Lipinski definition) is 3. The molecule has 0 unspecified atom stereocenters. The molecule has 0 bridgehead atoms. The maximum atomic E-state index is 4.62. The molecule has 3 aromatic heterocycles. The van der Waals surface area contributed by atoms with Crippen molar-refractivity contribution in [2.75, 3.05) is 0 Å². The second kappa shape index (κ2) is 5.67. The van der Waals surface area contributed by atoms with E-state index in [1.165, 1.54) is 9.80 Å². The Morgan fingerprint density at radius 2 is 1.28 bits per heavy atom. The van der Waals surface area contributed by atoms with Crippen molar-refractivity contribution in [1.29, 1.82) is 0 Å². The van der Waals surface area contributed by atoms with Crippen LogP contribution in [0.5, 0.6) is 0 Å². The van der Waals surface area contributed by atoms with Crippen molar-refractivity contribution in [2.45, 2.75) is 0 Å². The average molecular weight is 313 g/mol. The van der Waals surface area contributed by atoms with Gasteiger partial charge < -0.3 is 0 Å². The van der Waals surface area contributed by atoms with Gasteiger partial charge in [0.25, 0.3) is 0 Å². The molecule has 0 aliphatic rings. The molecule has 0 saturated heterocycles. The number of pyridine rings is 3. The summed E-state index contributed by atoms with van der Waals surface area (Å²) in [6, 6.07) is 18.8. The number of benzene rings is 2. The van der Waals surface area contributed by atoms with Crippen molar-refractivity contribution in [3.05, 3.63) is 73.2 Å². The fraction of sp³-hybridized carbons (Fsp3) is 0. The van der Waals surface area contributed by atoms with Crippen LogP contribution >= 0.6 is 0 Å². The summed E-state index contributed by atoms with van der Waals surface area (Å²) in [5.41, 5.74) is 5.26. The predicted molar refractivity (Wildman–Crippen MR) is 103 cm³/mol. The summed E-state index contributed by atoms with van der Waals surface area (Å²) in [6.07, 6.45) is 5.54. The first kappa shape index (κ1) is 14.6. The van der Waals surface area contributed by atoms with E-state index in [1.54, 1.807) is 0 Å². The molecule has 0 spiro atoms. The summed E-state index contributed by atoms with van der Waals surface area (Å²) in [6.45, 7) is 0. The van der Waals surface area contributed by atoms with Gasteiger partial charge in [-0.25, -0.2) is 0 Å². The van der Waals surface area contributed by atoms with Crippen LogP contribution in [0.4, 0.5) is 0 Å². The predicted octanol–water partition coefficient (Wildman–Crippen LogP) is 3.79. The van der Waals surface area contributed by atoms with E-state index >= 15 is 0 Å². The summed E-state index contributed by atoms with van der Waals surface area (Å²) in [4.78, 5) is 13.7. The Balaban J connectivity index is 1.91. The first-order valence-electron chi connectivity index (χ1n) is 8.30. The fourth-order valence-corrected chi connectivity index (χ4v) is 3.54. The van der Waals surface area contributed by atoms with Gasteiger partial charge in [0.15, 0.2) is 0 Å².